The summed E-state index contributed by atoms with van der Waals surface area (Å²) in [6, 6.07) is 3.83. The molecule has 0 heterocycles. The minimum absolute atomic E-state index is 0.0952. The summed E-state index contributed by atoms with van der Waals surface area (Å²) in [5.74, 6) is -2.19. The molecule has 7 nitrogen and oxygen atoms in total. The van der Waals surface area contributed by atoms with E-state index >= 15 is 0 Å². The first-order valence-corrected chi connectivity index (χ1v) is 6.72. The van der Waals surface area contributed by atoms with E-state index in [0.29, 0.717) is 12.8 Å². The van der Waals surface area contributed by atoms with Gasteiger partial charge in [0, 0.05) is 12.0 Å². The van der Waals surface area contributed by atoms with Crippen LogP contribution in [0.25, 0.3) is 6.08 Å². The number of hydrogen-bond acceptors (Lipinski definition) is 6. The molecule has 1 rings (SSSR count). The Morgan fingerprint density at radius 3 is 2.45 bits per heavy atom. The molecular formula is C15H16N2O5. The first-order valence-electron chi connectivity index (χ1n) is 6.72. The predicted molar refractivity (Wildman–Crippen MR) is 79.1 cm³/mol. The van der Waals surface area contributed by atoms with Crippen LogP contribution in [0.1, 0.15) is 32.3 Å². The second-order valence-corrected chi connectivity index (χ2v) is 4.71. The molecule has 0 spiro atoms. The first-order chi connectivity index (χ1) is 10.3. The molecule has 0 saturated carbocycles. The molecule has 0 fully saturated rings. The molecule has 1 aromatic rings. The number of carbonyl (C=O) groups excluding carboxylic acids is 1. The highest BCUT2D eigenvalue weighted by Gasteiger charge is 2.21. The number of nitro benzene ring substituents is 1. The van der Waals surface area contributed by atoms with Gasteiger partial charge in [0.15, 0.2) is 11.5 Å². The third-order valence-corrected chi connectivity index (χ3v) is 3.34. The van der Waals surface area contributed by atoms with Crippen LogP contribution in [0.2, 0.25) is 0 Å². The highest BCUT2D eigenvalue weighted by atomic mass is 16.6. The average molecular weight is 304 g/mol. The molecule has 22 heavy (non-hydrogen) atoms. The molecule has 0 aromatic heterocycles. The van der Waals surface area contributed by atoms with Crippen LogP contribution in [0.5, 0.6) is 11.5 Å². The van der Waals surface area contributed by atoms with Crippen molar-refractivity contribution >= 4 is 17.5 Å². The number of ketones is 1. The van der Waals surface area contributed by atoms with Crippen LogP contribution in [0.4, 0.5) is 5.69 Å². The Balaban J connectivity index is 3.33. The number of phenols is 2. The Bertz CT molecular complexity index is 669. The van der Waals surface area contributed by atoms with Crippen molar-refractivity contribution in [1.82, 2.24) is 0 Å². The molecule has 0 aliphatic heterocycles. The Labute approximate surface area is 127 Å². The number of hydrogen-bond donors (Lipinski definition) is 2. The van der Waals surface area contributed by atoms with Crippen molar-refractivity contribution in [3.05, 3.63) is 33.4 Å². The molecule has 0 saturated heterocycles. The molecule has 0 aliphatic carbocycles. The number of benzene rings is 1. The van der Waals surface area contributed by atoms with Gasteiger partial charge in [0.25, 0.3) is 0 Å². The molecule has 0 bridgehead atoms. The van der Waals surface area contributed by atoms with Crippen LogP contribution >= 0.6 is 0 Å². The van der Waals surface area contributed by atoms with Gasteiger partial charge in [-0.2, -0.15) is 5.26 Å². The normalized spacial score (nSPS) is 11.3. The zero-order chi connectivity index (χ0) is 16.9. The quantitative estimate of drug-likeness (QED) is 0.274. The van der Waals surface area contributed by atoms with Gasteiger partial charge < -0.3 is 10.2 Å². The van der Waals surface area contributed by atoms with E-state index in [-0.39, 0.29) is 22.8 Å². The lowest BCUT2D eigenvalue weighted by Gasteiger charge is -2.09. The fraction of sp³-hybridized carbons (Fsp3) is 0.333. The number of nitrogens with zero attached hydrogens (tertiary/aromatic N) is 2. The van der Waals surface area contributed by atoms with Crippen LogP contribution in [0.3, 0.4) is 0 Å². The topological polar surface area (TPSA) is 124 Å². The van der Waals surface area contributed by atoms with Gasteiger partial charge in [-0.05, 0) is 30.5 Å². The van der Waals surface area contributed by atoms with Crippen molar-refractivity contribution in [2.45, 2.75) is 26.7 Å². The van der Waals surface area contributed by atoms with Crippen LogP contribution in [0, 0.1) is 27.4 Å². The number of rotatable bonds is 6. The lowest BCUT2D eigenvalue weighted by molar-refractivity contribution is -0.386. The van der Waals surface area contributed by atoms with Gasteiger partial charge in [-0.1, -0.05) is 13.8 Å². The van der Waals surface area contributed by atoms with Gasteiger partial charge in [0.1, 0.15) is 6.07 Å². The smallest absolute Gasteiger partial charge is 0.315 e. The third kappa shape index (κ3) is 3.61. The van der Waals surface area contributed by atoms with Crippen molar-refractivity contribution in [2.24, 2.45) is 5.92 Å². The molecule has 1 aromatic carbocycles. The Morgan fingerprint density at radius 2 is 2.00 bits per heavy atom. The summed E-state index contributed by atoms with van der Waals surface area (Å²) in [5.41, 5.74) is -0.746. The minimum Gasteiger partial charge on any atom is -0.504 e. The van der Waals surface area contributed by atoms with Gasteiger partial charge in [-0.3, -0.25) is 14.9 Å². The molecule has 0 atom stereocenters. The van der Waals surface area contributed by atoms with E-state index in [1.807, 2.05) is 13.8 Å². The first kappa shape index (κ1) is 17.2. The van der Waals surface area contributed by atoms with Crippen molar-refractivity contribution < 1.29 is 19.9 Å². The standard InChI is InChI=1S/C15H16N2O5/c1-3-10(4-2)14(19)11(8-16)5-9-6-12(17(21)22)15(20)13(18)7-9/h5-7,10,18,20H,3-4H2,1-2H3/b11-5-. The van der Waals surface area contributed by atoms with Crippen LogP contribution in [-0.2, 0) is 4.79 Å². The number of allylic oxidation sites excluding steroid dienone is 1. The summed E-state index contributed by atoms with van der Waals surface area (Å²) < 4.78 is 0. The predicted octanol–water partition coefficient (Wildman–Crippen LogP) is 2.92. The van der Waals surface area contributed by atoms with E-state index in [1.165, 1.54) is 6.08 Å². The molecular weight excluding hydrogens is 288 g/mol. The number of phenolic OH excluding ortho intramolecular Hbond substituents is 2. The van der Waals surface area contributed by atoms with Gasteiger partial charge in [-0.25, -0.2) is 0 Å². The van der Waals surface area contributed by atoms with Gasteiger partial charge in [0.2, 0.25) is 5.75 Å². The maximum Gasteiger partial charge on any atom is 0.315 e. The summed E-state index contributed by atoms with van der Waals surface area (Å²) in [6.45, 7) is 3.66. The number of carbonyl (C=O) groups is 1. The molecule has 0 radical (unpaired) electrons. The summed E-state index contributed by atoms with van der Waals surface area (Å²) >= 11 is 0. The molecule has 0 aliphatic rings. The maximum absolute atomic E-state index is 12.2. The summed E-state index contributed by atoms with van der Waals surface area (Å²) in [7, 11) is 0. The molecule has 2 N–H and O–H groups in total. The Kier molecular flexibility index (Phi) is 5.64. The minimum atomic E-state index is -0.860. The van der Waals surface area contributed by atoms with Crippen LogP contribution in [-0.4, -0.2) is 20.9 Å². The maximum atomic E-state index is 12.2. The third-order valence-electron chi connectivity index (χ3n) is 3.34. The highest BCUT2D eigenvalue weighted by Crippen LogP contribution is 2.36. The van der Waals surface area contributed by atoms with E-state index in [4.69, 9.17) is 5.26 Å². The summed E-state index contributed by atoms with van der Waals surface area (Å²) in [4.78, 5) is 22.1. The largest absolute Gasteiger partial charge is 0.504 e. The molecule has 7 heteroatoms. The van der Waals surface area contributed by atoms with E-state index < -0.39 is 22.1 Å². The van der Waals surface area contributed by atoms with E-state index in [1.54, 1.807) is 6.07 Å². The monoisotopic (exact) mass is 304 g/mol. The van der Waals surface area contributed by atoms with Gasteiger partial charge in [0.05, 0.1) is 10.5 Å². The molecule has 116 valence electrons. The fourth-order valence-corrected chi connectivity index (χ4v) is 2.05. The summed E-state index contributed by atoms with van der Waals surface area (Å²) in [5, 5.41) is 38.8. The van der Waals surface area contributed by atoms with Crippen molar-refractivity contribution in [2.75, 3.05) is 0 Å². The van der Waals surface area contributed by atoms with Crippen molar-refractivity contribution in [3.63, 3.8) is 0 Å². The van der Waals surface area contributed by atoms with E-state index in [0.717, 1.165) is 12.1 Å². The lowest BCUT2D eigenvalue weighted by atomic mass is 9.92. The van der Waals surface area contributed by atoms with Gasteiger partial charge in [-0.15, -0.1) is 0 Å². The lowest BCUT2D eigenvalue weighted by Crippen LogP contribution is -2.14. The van der Waals surface area contributed by atoms with E-state index in [2.05, 4.69) is 0 Å². The summed E-state index contributed by atoms with van der Waals surface area (Å²) in [6.07, 6.45) is 2.33. The Morgan fingerprint density at radius 1 is 1.41 bits per heavy atom. The highest BCUT2D eigenvalue weighted by molar-refractivity contribution is 6.04. The van der Waals surface area contributed by atoms with E-state index in [9.17, 15) is 25.1 Å². The molecule has 0 unspecified atom stereocenters. The SMILES string of the molecule is CCC(CC)C(=O)/C(C#N)=C\c1cc(O)c(O)c([N+](=O)[O-])c1. The number of nitro groups is 1. The number of Topliss-reactive ketones (excluding diaryl/α,β-unsaturated/α-hetero) is 1. The van der Waals surface area contributed by atoms with Gasteiger partial charge >= 0.3 is 5.69 Å². The Hall–Kier alpha value is -2.88. The average Bonchev–Trinajstić information content (AvgIpc) is 2.48. The number of nitriles is 1. The number of aromatic hydroxyl groups is 2. The van der Waals surface area contributed by atoms with Crippen molar-refractivity contribution in [1.29, 1.82) is 5.26 Å². The van der Waals surface area contributed by atoms with Crippen LogP contribution < -0.4 is 0 Å². The second kappa shape index (κ2) is 7.22. The molecule has 0 amide bonds. The van der Waals surface area contributed by atoms with Crippen LogP contribution in [0.15, 0.2) is 17.7 Å². The zero-order valence-corrected chi connectivity index (χ0v) is 12.2. The zero-order valence-electron chi connectivity index (χ0n) is 12.2. The fourth-order valence-electron chi connectivity index (χ4n) is 2.05. The second-order valence-electron chi connectivity index (χ2n) is 4.71. The van der Waals surface area contributed by atoms with Crippen molar-refractivity contribution in [3.8, 4) is 17.6 Å².